The number of anilines is 1. The maximum Gasteiger partial charge on any atom is 0.221 e. The topological polar surface area (TPSA) is 89.9 Å². The minimum absolute atomic E-state index is 0.634. The van der Waals surface area contributed by atoms with Crippen LogP contribution in [-0.4, -0.2) is 52.9 Å². The Morgan fingerprint density at radius 3 is 2.86 bits per heavy atom. The Hall–Kier alpha value is -2.58. The third-order valence-electron chi connectivity index (χ3n) is 4.29. The van der Waals surface area contributed by atoms with Gasteiger partial charge in [-0.05, 0) is 29.2 Å². The van der Waals surface area contributed by atoms with Crippen LogP contribution in [0.15, 0.2) is 18.7 Å². The summed E-state index contributed by atoms with van der Waals surface area (Å²) < 4.78 is 3.66. The summed E-state index contributed by atoms with van der Waals surface area (Å²) in [6, 6.07) is 0. The SMILES string of the molecule is Cn1cnnc1CC1CCN(c2nccn3nnnc23)CC1. The Morgan fingerprint density at radius 2 is 2.09 bits per heavy atom. The summed E-state index contributed by atoms with van der Waals surface area (Å²) in [6.07, 6.45) is 8.46. The van der Waals surface area contributed by atoms with E-state index in [1.165, 1.54) is 0 Å². The molecule has 0 unspecified atom stereocenters. The van der Waals surface area contributed by atoms with Gasteiger partial charge in [-0.3, -0.25) is 0 Å². The smallest absolute Gasteiger partial charge is 0.221 e. The van der Waals surface area contributed by atoms with Gasteiger partial charge in [-0.2, -0.15) is 4.52 Å². The normalized spacial score (nSPS) is 16.5. The van der Waals surface area contributed by atoms with E-state index < -0.39 is 0 Å². The zero-order valence-corrected chi connectivity index (χ0v) is 12.4. The summed E-state index contributed by atoms with van der Waals surface area (Å²) in [5.74, 6) is 2.56. The molecule has 0 bridgehead atoms. The summed E-state index contributed by atoms with van der Waals surface area (Å²) in [4.78, 5) is 6.72. The minimum Gasteiger partial charge on any atom is -0.353 e. The molecule has 4 heterocycles. The van der Waals surface area contributed by atoms with Crippen LogP contribution < -0.4 is 4.90 Å². The summed E-state index contributed by atoms with van der Waals surface area (Å²) in [7, 11) is 1.99. The molecule has 114 valence electrons. The quantitative estimate of drug-likeness (QED) is 0.678. The van der Waals surface area contributed by atoms with Crippen molar-refractivity contribution >= 4 is 11.5 Å². The first kappa shape index (κ1) is 13.1. The lowest BCUT2D eigenvalue weighted by molar-refractivity contribution is 0.392. The number of piperidine rings is 1. The Morgan fingerprint density at radius 1 is 1.23 bits per heavy atom. The number of tetrazole rings is 1. The molecule has 4 rings (SSSR count). The molecule has 9 heteroatoms. The first-order chi connectivity index (χ1) is 10.8. The molecule has 0 aromatic carbocycles. The molecule has 22 heavy (non-hydrogen) atoms. The highest BCUT2D eigenvalue weighted by Crippen LogP contribution is 2.25. The maximum atomic E-state index is 4.45. The predicted octanol–water partition coefficient (Wildman–Crippen LogP) is 0.107. The number of rotatable bonds is 3. The molecule has 3 aromatic heterocycles. The average Bonchev–Trinajstić information content (AvgIpc) is 3.17. The molecular formula is C13H17N9. The molecule has 1 aliphatic heterocycles. The van der Waals surface area contributed by atoms with Gasteiger partial charge in [0.1, 0.15) is 12.2 Å². The number of hydrogen-bond acceptors (Lipinski definition) is 7. The third-order valence-corrected chi connectivity index (χ3v) is 4.29. The fourth-order valence-corrected chi connectivity index (χ4v) is 2.99. The van der Waals surface area contributed by atoms with Gasteiger partial charge in [0.25, 0.3) is 0 Å². The fraction of sp³-hybridized carbons (Fsp3) is 0.538. The van der Waals surface area contributed by atoms with E-state index in [-0.39, 0.29) is 0 Å². The molecule has 0 saturated carbocycles. The molecule has 3 aromatic rings. The molecule has 0 aliphatic carbocycles. The zero-order chi connectivity index (χ0) is 14.9. The lowest BCUT2D eigenvalue weighted by Crippen LogP contribution is -2.35. The minimum atomic E-state index is 0.634. The van der Waals surface area contributed by atoms with Crippen molar-refractivity contribution in [2.24, 2.45) is 13.0 Å². The van der Waals surface area contributed by atoms with E-state index in [1.807, 2.05) is 11.6 Å². The van der Waals surface area contributed by atoms with Crippen LogP contribution in [0.5, 0.6) is 0 Å². The highest BCUT2D eigenvalue weighted by molar-refractivity contribution is 5.62. The van der Waals surface area contributed by atoms with Gasteiger partial charge < -0.3 is 9.47 Å². The predicted molar refractivity (Wildman–Crippen MR) is 78.2 cm³/mol. The van der Waals surface area contributed by atoms with Gasteiger partial charge in [0.15, 0.2) is 5.82 Å². The average molecular weight is 299 g/mol. The number of hydrogen-bond donors (Lipinski definition) is 0. The summed E-state index contributed by atoms with van der Waals surface area (Å²) >= 11 is 0. The van der Waals surface area contributed by atoms with Gasteiger partial charge in [-0.15, -0.1) is 15.3 Å². The van der Waals surface area contributed by atoms with E-state index >= 15 is 0 Å². The van der Waals surface area contributed by atoms with Crippen molar-refractivity contribution in [3.8, 4) is 0 Å². The Labute approximate surface area is 127 Å². The summed E-state index contributed by atoms with van der Waals surface area (Å²) in [5.41, 5.74) is 0.717. The second-order valence-electron chi connectivity index (χ2n) is 5.69. The van der Waals surface area contributed by atoms with Crippen molar-refractivity contribution in [3.63, 3.8) is 0 Å². The van der Waals surface area contributed by atoms with Crippen molar-refractivity contribution < 1.29 is 0 Å². The number of aryl methyl sites for hydroxylation is 1. The molecular weight excluding hydrogens is 282 g/mol. The van der Waals surface area contributed by atoms with Crippen LogP contribution >= 0.6 is 0 Å². The molecule has 0 spiro atoms. The van der Waals surface area contributed by atoms with Crippen LogP contribution in [0.3, 0.4) is 0 Å². The summed E-state index contributed by atoms with van der Waals surface area (Å²) in [6.45, 7) is 1.92. The third kappa shape index (κ3) is 2.28. The van der Waals surface area contributed by atoms with Crippen molar-refractivity contribution in [1.29, 1.82) is 0 Å². The van der Waals surface area contributed by atoms with Crippen LogP contribution in [0.2, 0.25) is 0 Å². The largest absolute Gasteiger partial charge is 0.353 e. The first-order valence-electron chi connectivity index (χ1n) is 7.42. The van der Waals surface area contributed by atoms with Crippen LogP contribution in [0.25, 0.3) is 5.65 Å². The van der Waals surface area contributed by atoms with Crippen LogP contribution in [-0.2, 0) is 13.5 Å². The van der Waals surface area contributed by atoms with Gasteiger partial charge >= 0.3 is 0 Å². The lowest BCUT2D eigenvalue weighted by Gasteiger charge is -2.32. The number of fused-ring (bicyclic) bond motifs is 1. The molecule has 1 aliphatic rings. The van der Waals surface area contributed by atoms with Crippen molar-refractivity contribution in [3.05, 3.63) is 24.5 Å². The molecule has 9 nitrogen and oxygen atoms in total. The van der Waals surface area contributed by atoms with Crippen LogP contribution in [0.1, 0.15) is 18.7 Å². The highest BCUT2D eigenvalue weighted by atomic mass is 15.5. The van der Waals surface area contributed by atoms with E-state index in [0.717, 1.165) is 44.0 Å². The van der Waals surface area contributed by atoms with E-state index in [0.29, 0.717) is 11.6 Å². The van der Waals surface area contributed by atoms with E-state index in [1.54, 1.807) is 23.2 Å². The van der Waals surface area contributed by atoms with Crippen molar-refractivity contribution in [2.45, 2.75) is 19.3 Å². The molecule has 1 fully saturated rings. The van der Waals surface area contributed by atoms with Gasteiger partial charge in [0.05, 0.1) is 6.20 Å². The van der Waals surface area contributed by atoms with E-state index in [2.05, 4.69) is 35.6 Å². The second-order valence-corrected chi connectivity index (χ2v) is 5.69. The molecule has 0 atom stereocenters. The van der Waals surface area contributed by atoms with Gasteiger partial charge in [0.2, 0.25) is 5.65 Å². The van der Waals surface area contributed by atoms with Crippen LogP contribution in [0, 0.1) is 5.92 Å². The van der Waals surface area contributed by atoms with Gasteiger partial charge in [0, 0.05) is 32.8 Å². The van der Waals surface area contributed by atoms with Gasteiger partial charge in [-0.1, -0.05) is 0 Å². The summed E-state index contributed by atoms with van der Waals surface area (Å²) in [5, 5.41) is 19.8. The Balaban J connectivity index is 1.46. The molecule has 0 N–H and O–H groups in total. The number of nitrogens with zero attached hydrogens (tertiary/aromatic N) is 9. The number of aromatic nitrogens is 8. The second kappa shape index (κ2) is 5.32. The molecule has 1 saturated heterocycles. The fourth-order valence-electron chi connectivity index (χ4n) is 2.99. The molecule has 0 radical (unpaired) electrons. The first-order valence-corrected chi connectivity index (χ1v) is 7.42. The Bertz CT molecular complexity index is 769. The maximum absolute atomic E-state index is 4.45. The zero-order valence-electron chi connectivity index (χ0n) is 12.4. The monoisotopic (exact) mass is 299 g/mol. The van der Waals surface area contributed by atoms with E-state index in [9.17, 15) is 0 Å². The lowest BCUT2D eigenvalue weighted by atomic mass is 9.93. The molecule has 0 amide bonds. The van der Waals surface area contributed by atoms with Crippen LogP contribution in [0.4, 0.5) is 5.82 Å². The van der Waals surface area contributed by atoms with Crippen molar-refractivity contribution in [2.75, 3.05) is 18.0 Å². The van der Waals surface area contributed by atoms with Gasteiger partial charge in [-0.25, -0.2) is 4.98 Å². The highest BCUT2D eigenvalue weighted by Gasteiger charge is 2.23. The van der Waals surface area contributed by atoms with Crippen molar-refractivity contribution in [1.82, 2.24) is 39.8 Å². The Kier molecular flexibility index (Phi) is 3.17. The standard InChI is InChI=1S/C13H17N9/c1-20-9-15-16-11(20)8-10-2-5-21(6-3-10)12-13-17-18-19-22(13)7-4-14-12/h4,7,9-10H,2-3,5-6,8H2,1H3. The van der Waals surface area contributed by atoms with E-state index in [4.69, 9.17) is 0 Å².